The molecule has 0 fully saturated rings. The molecule has 160 valence electrons. The van der Waals surface area contributed by atoms with E-state index in [-0.39, 0.29) is 22.8 Å². The van der Waals surface area contributed by atoms with Gasteiger partial charge >= 0.3 is 5.97 Å². The van der Waals surface area contributed by atoms with Gasteiger partial charge in [0.25, 0.3) is 11.6 Å². The predicted octanol–water partition coefficient (Wildman–Crippen LogP) is 4.60. The fourth-order valence-electron chi connectivity index (χ4n) is 3.69. The summed E-state index contributed by atoms with van der Waals surface area (Å²) in [6, 6.07) is 7.77. The molecule has 9 heteroatoms. The molecule has 1 N–H and O–H groups in total. The Labute approximate surface area is 182 Å². The van der Waals surface area contributed by atoms with Crippen LogP contribution < -0.4 is 5.32 Å². The summed E-state index contributed by atoms with van der Waals surface area (Å²) in [7, 11) is 0. The maximum Gasteiger partial charge on any atom is 0.311 e. The molecule has 1 amide bonds. The number of amides is 1. The summed E-state index contributed by atoms with van der Waals surface area (Å²) in [5.74, 6) is -1.17. The van der Waals surface area contributed by atoms with Crippen LogP contribution in [0.15, 0.2) is 41.0 Å². The van der Waals surface area contributed by atoms with Gasteiger partial charge in [0.05, 0.1) is 28.3 Å². The van der Waals surface area contributed by atoms with Gasteiger partial charge < -0.3 is 14.5 Å². The normalized spacial score (nSPS) is 13.6. The zero-order valence-corrected chi connectivity index (χ0v) is 17.4. The first-order chi connectivity index (χ1) is 14.8. The van der Waals surface area contributed by atoms with Gasteiger partial charge in [0.2, 0.25) is 0 Å². The van der Waals surface area contributed by atoms with Crippen molar-refractivity contribution in [2.24, 2.45) is 0 Å². The molecular formula is C22H19ClN2O6. The Hall–Kier alpha value is -3.39. The molecule has 2 aromatic carbocycles. The summed E-state index contributed by atoms with van der Waals surface area (Å²) in [6.45, 7) is 1.44. The molecule has 1 aliphatic rings. The zero-order chi connectivity index (χ0) is 22.1. The van der Waals surface area contributed by atoms with Gasteiger partial charge in [0.1, 0.15) is 5.58 Å². The summed E-state index contributed by atoms with van der Waals surface area (Å²) < 4.78 is 10.9. The summed E-state index contributed by atoms with van der Waals surface area (Å²) in [6.07, 6.45) is 3.60. The maximum absolute atomic E-state index is 12.4. The second-order valence-electron chi connectivity index (χ2n) is 7.45. The summed E-state index contributed by atoms with van der Waals surface area (Å²) in [4.78, 5) is 35.0. The minimum atomic E-state index is -1.08. The number of anilines is 1. The van der Waals surface area contributed by atoms with Crippen molar-refractivity contribution in [2.75, 3.05) is 5.32 Å². The summed E-state index contributed by atoms with van der Waals surface area (Å²) in [5.41, 5.74) is 4.00. The highest BCUT2D eigenvalue weighted by Gasteiger charge is 2.22. The number of nitrogens with one attached hydrogen (secondary N) is 1. The summed E-state index contributed by atoms with van der Waals surface area (Å²) in [5, 5.41) is 14.2. The molecule has 0 unspecified atom stereocenters. The molecule has 0 spiro atoms. The SMILES string of the molecule is C[C@H](OC(=O)Cc1coc2cc3c(cc12)CCC3)C(=O)Nc1ccc([N+](=O)[O-])cc1Cl. The number of carbonyl (C=O) groups is 2. The molecule has 0 aliphatic heterocycles. The minimum Gasteiger partial charge on any atom is -0.464 e. The third kappa shape index (κ3) is 4.39. The van der Waals surface area contributed by atoms with E-state index in [2.05, 4.69) is 11.4 Å². The van der Waals surface area contributed by atoms with Gasteiger partial charge in [-0.15, -0.1) is 0 Å². The second-order valence-corrected chi connectivity index (χ2v) is 7.86. The highest BCUT2D eigenvalue weighted by atomic mass is 35.5. The maximum atomic E-state index is 12.4. The fraction of sp³-hybridized carbons (Fsp3) is 0.273. The number of nitro groups is 1. The van der Waals surface area contributed by atoms with Crippen LogP contribution in [0.4, 0.5) is 11.4 Å². The number of carbonyl (C=O) groups excluding carboxylic acids is 2. The Kier molecular flexibility index (Phi) is 5.65. The Morgan fingerprint density at radius 3 is 2.71 bits per heavy atom. The fourth-order valence-corrected chi connectivity index (χ4v) is 3.91. The molecular weight excluding hydrogens is 424 g/mol. The largest absolute Gasteiger partial charge is 0.464 e. The number of nitrogens with zero attached hydrogens (tertiary/aromatic N) is 1. The van der Waals surface area contributed by atoms with E-state index in [1.54, 1.807) is 6.26 Å². The number of rotatable bonds is 6. The van der Waals surface area contributed by atoms with E-state index in [0.29, 0.717) is 5.56 Å². The molecule has 31 heavy (non-hydrogen) atoms. The number of hydrogen-bond acceptors (Lipinski definition) is 6. The molecule has 4 rings (SSSR count). The number of non-ortho nitro benzene ring substituents is 1. The number of fused-ring (bicyclic) bond motifs is 2. The molecule has 1 heterocycles. The van der Waals surface area contributed by atoms with Crippen molar-refractivity contribution in [3.63, 3.8) is 0 Å². The van der Waals surface area contributed by atoms with Crippen LogP contribution in [-0.2, 0) is 33.6 Å². The van der Waals surface area contributed by atoms with Gasteiger partial charge in [0, 0.05) is 23.1 Å². The molecule has 1 aliphatic carbocycles. The van der Waals surface area contributed by atoms with Crippen molar-refractivity contribution < 1.29 is 23.7 Å². The topological polar surface area (TPSA) is 112 Å². The number of nitro benzene ring substituents is 1. The van der Waals surface area contributed by atoms with Gasteiger partial charge in [0.15, 0.2) is 6.10 Å². The van der Waals surface area contributed by atoms with Gasteiger partial charge in [-0.1, -0.05) is 11.6 Å². The van der Waals surface area contributed by atoms with E-state index in [0.717, 1.165) is 36.3 Å². The smallest absolute Gasteiger partial charge is 0.311 e. The van der Waals surface area contributed by atoms with Crippen LogP contribution in [0.25, 0.3) is 11.0 Å². The highest BCUT2D eigenvalue weighted by Crippen LogP contribution is 2.31. The van der Waals surface area contributed by atoms with Crippen molar-refractivity contribution in [3.8, 4) is 0 Å². The van der Waals surface area contributed by atoms with Crippen LogP contribution in [0.3, 0.4) is 0 Å². The van der Waals surface area contributed by atoms with Crippen molar-refractivity contribution in [1.82, 2.24) is 0 Å². The van der Waals surface area contributed by atoms with E-state index in [1.807, 2.05) is 6.07 Å². The van der Waals surface area contributed by atoms with Crippen molar-refractivity contribution in [3.05, 3.63) is 68.4 Å². The number of benzene rings is 2. The second kappa shape index (κ2) is 8.39. The third-order valence-corrected chi connectivity index (χ3v) is 5.61. The van der Waals surface area contributed by atoms with E-state index in [1.165, 1.54) is 30.2 Å². The monoisotopic (exact) mass is 442 g/mol. The zero-order valence-electron chi connectivity index (χ0n) is 16.6. The van der Waals surface area contributed by atoms with Crippen molar-refractivity contribution >= 4 is 45.8 Å². The number of ether oxygens (including phenoxy) is 1. The average molecular weight is 443 g/mol. The molecule has 8 nitrogen and oxygen atoms in total. The molecule has 0 radical (unpaired) electrons. The van der Waals surface area contributed by atoms with Crippen LogP contribution >= 0.6 is 11.6 Å². The van der Waals surface area contributed by atoms with Crippen molar-refractivity contribution in [2.45, 2.75) is 38.7 Å². The predicted molar refractivity (Wildman–Crippen MR) is 114 cm³/mol. The molecule has 0 saturated heterocycles. The van der Waals surface area contributed by atoms with Crippen LogP contribution in [0, 0.1) is 10.1 Å². The number of halogens is 1. The molecule has 3 aromatic rings. The summed E-state index contributed by atoms with van der Waals surface area (Å²) >= 11 is 5.98. The van der Waals surface area contributed by atoms with Gasteiger partial charge in [-0.25, -0.2) is 0 Å². The first-order valence-corrected chi connectivity index (χ1v) is 10.2. The lowest BCUT2D eigenvalue weighted by molar-refractivity contribution is -0.384. The van der Waals surface area contributed by atoms with E-state index >= 15 is 0 Å². The van der Waals surface area contributed by atoms with E-state index in [4.69, 9.17) is 20.8 Å². The van der Waals surface area contributed by atoms with Crippen LogP contribution in [0.2, 0.25) is 5.02 Å². The molecule has 1 aromatic heterocycles. The first kappa shape index (κ1) is 20.9. The molecule has 0 bridgehead atoms. The first-order valence-electron chi connectivity index (χ1n) is 9.78. The standard InChI is InChI=1S/C22H19ClN2O6/c1-12(22(27)24-19-6-5-16(25(28)29)10-18(19)23)31-21(26)9-15-11-30-20-8-14-4-2-3-13(14)7-17(15)20/h5-8,10-12H,2-4,9H2,1H3,(H,24,27)/t12-/m0/s1. The third-order valence-electron chi connectivity index (χ3n) is 5.30. The molecule has 0 saturated carbocycles. The lowest BCUT2D eigenvalue weighted by Crippen LogP contribution is -2.30. The Bertz CT molecular complexity index is 1200. The van der Waals surface area contributed by atoms with Gasteiger partial charge in [-0.05, 0) is 55.5 Å². The lowest BCUT2D eigenvalue weighted by Gasteiger charge is -2.14. The number of esters is 1. The lowest BCUT2D eigenvalue weighted by atomic mass is 10.0. The van der Waals surface area contributed by atoms with E-state index in [9.17, 15) is 19.7 Å². The quantitative estimate of drug-likeness (QED) is 0.339. The number of aryl methyl sites for hydroxylation is 2. The van der Waals surface area contributed by atoms with Crippen molar-refractivity contribution in [1.29, 1.82) is 0 Å². The average Bonchev–Trinajstić information content (AvgIpc) is 3.34. The van der Waals surface area contributed by atoms with E-state index < -0.39 is 22.9 Å². The Morgan fingerprint density at radius 1 is 1.26 bits per heavy atom. The highest BCUT2D eigenvalue weighted by molar-refractivity contribution is 6.34. The van der Waals surface area contributed by atoms with Crippen LogP contribution in [-0.4, -0.2) is 22.9 Å². The Balaban J connectivity index is 1.39. The molecule has 1 atom stereocenters. The Morgan fingerprint density at radius 2 is 2.00 bits per heavy atom. The number of furan rings is 1. The number of hydrogen-bond donors (Lipinski definition) is 1. The van der Waals surface area contributed by atoms with Gasteiger partial charge in [-0.2, -0.15) is 0 Å². The van der Waals surface area contributed by atoms with Crippen LogP contribution in [0.1, 0.15) is 30.0 Å². The van der Waals surface area contributed by atoms with Gasteiger partial charge in [-0.3, -0.25) is 19.7 Å². The minimum absolute atomic E-state index is 0.0125. The van der Waals surface area contributed by atoms with Crippen LogP contribution in [0.5, 0.6) is 0 Å².